The molecule has 0 atom stereocenters. The van der Waals surface area contributed by atoms with Crippen molar-refractivity contribution in [3.63, 3.8) is 0 Å². The molecule has 0 saturated heterocycles. The van der Waals surface area contributed by atoms with E-state index in [1.807, 2.05) is 91.0 Å². The highest BCUT2D eigenvalue weighted by molar-refractivity contribution is 6.74. The van der Waals surface area contributed by atoms with Gasteiger partial charge in [-0.25, -0.2) is 0 Å². The molecule has 0 saturated carbocycles. The summed E-state index contributed by atoms with van der Waals surface area (Å²) in [6.07, 6.45) is 0.822. The lowest BCUT2D eigenvalue weighted by atomic mass is 9.96. The van der Waals surface area contributed by atoms with Gasteiger partial charge in [0.25, 0.3) is 0 Å². The van der Waals surface area contributed by atoms with Gasteiger partial charge in [-0.1, -0.05) is 112 Å². The number of fused-ring (bicyclic) bond motifs is 1. The molecular weight excluding hydrogens is 633 g/mol. The van der Waals surface area contributed by atoms with Crippen LogP contribution in [0.2, 0.25) is 18.1 Å². The molecule has 0 amide bonds. The zero-order chi connectivity index (χ0) is 35.0. The van der Waals surface area contributed by atoms with Crippen molar-refractivity contribution in [2.75, 3.05) is 14.2 Å². The molecule has 0 spiro atoms. The maximum atomic E-state index is 13.2. The predicted molar refractivity (Wildman–Crippen MR) is 197 cm³/mol. The molecule has 0 N–H and O–H groups in total. The van der Waals surface area contributed by atoms with E-state index in [2.05, 4.69) is 33.9 Å². The van der Waals surface area contributed by atoms with Crippen molar-refractivity contribution in [2.45, 2.75) is 65.3 Å². The molecule has 0 heterocycles. The Balaban J connectivity index is 1.79. The monoisotopic (exact) mass is 678 g/mol. The predicted octanol–water partition coefficient (Wildman–Crippen LogP) is 9.93. The SMILES string of the molecule is COc1cc(OCc2ccccc2)c2c(OCc3ccccc3)c(C=O)c(CO[Si](C)(C)C(C)(C)C)c(OC)c2c1OCc1ccccc1. The highest BCUT2D eigenvalue weighted by Crippen LogP contribution is 2.53. The normalized spacial score (nSPS) is 11.7. The quantitative estimate of drug-likeness (QED) is 0.0806. The first-order chi connectivity index (χ1) is 23.6. The van der Waals surface area contributed by atoms with Crippen LogP contribution in [-0.4, -0.2) is 28.8 Å². The number of methoxy groups -OCH3 is 2. The van der Waals surface area contributed by atoms with Gasteiger partial charge in [0.15, 0.2) is 26.1 Å². The fourth-order valence-corrected chi connectivity index (χ4v) is 6.26. The Hall–Kier alpha value is -4.79. The number of carbonyl (C=O) groups excluding carboxylic acids is 1. The Morgan fingerprint density at radius 2 is 1.08 bits per heavy atom. The minimum Gasteiger partial charge on any atom is -0.496 e. The molecule has 0 aliphatic rings. The van der Waals surface area contributed by atoms with Crippen LogP contribution in [-0.2, 0) is 30.9 Å². The number of hydrogen-bond acceptors (Lipinski definition) is 7. The lowest BCUT2D eigenvalue weighted by molar-refractivity contribution is 0.111. The van der Waals surface area contributed by atoms with Crippen LogP contribution in [0.15, 0.2) is 97.1 Å². The molecule has 0 radical (unpaired) electrons. The second-order valence-electron chi connectivity index (χ2n) is 13.4. The van der Waals surface area contributed by atoms with Gasteiger partial charge in [0.1, 0.15) is 37.1 Å². The smallest absolute Gasteiger partial charge is 0.192 e. The number of rotatable bonds is 15. The summed E-state index contributed by atoms with van der Waals surface area (Å²) in [4.78, 5) is 13.2. The van der Waals surface area contributed by atoms with Gasteiger partial charge >= 0.3 is 0 Å². The summed E-state index contributed by atoms with van der Waals surface area (Å²) in [5.74, 6) is 2.16. The van der Waals surface area contributed by atoms with Gasteiger partial charge in [-0.2, -0.15) is 0 Å². The van der Waals surface area contributed by atoms with Crippen LogP contribution in [0.1, 0.15) is 53.4 Å². The van der Waals surface area contributed by atoms with E-state index in [-0.39, 0.29) is 31.5 Å². The van der Waals surface area contributed by atoms with Gasteiger partial charge in [-0.05, 0) is 34.8 Å². The highest BCUT2D eigenvalue weighted by Gasteiger charge is 2.38. The molecule has 5 aromatic rings. The molecule has 0 fully saturated rings. The minimum absolute atomic E-state index is 0.0588. The van der Waals surface area contributed by atoms with Gasteiger partial charge in [-0.15, -0.1) is 0 Å². The van der Waals surface area contributed by atoms with Crippen molar-refractivity contribution in [3.8, 4) is 28.7 Å². The molecular formula is C41H46O7Si. The van der Waals surface area contributed by atoms with E-state index in [1.54, 1.807) is 20.3 Å². The molecule has 0 aromatic heterocycles. The number of benzene rings is 5. The summed E-state index contributed by atoms with van der Waals surface area (Å²) >= 11 is 0. The Morgan fingerprint density at radius 1 is 0.592 bits per heavy atom. The lowest BCUT2D eigenvalue weighted by Gasteiger charge is -2.36. The van der Waals surface area contributed by atoms with Crippen molar-refractivity contribution in [1.29, 1.82) is 0 Å². The van der Waals surface area contributed by atoms with Crippen molar-refractivity contribution >= 4 is 25.4 Å². The molecule has 5 aromatic carbocycles. The topological polar surface area (TPSA) is 72.5 Å². The Kier molecular flexibility index (Phi) is 11.3. The molecule has 5 rings (SSSR count). The molecule has 49 heavy (non-hydrogen) atoms. The molecule has 8 heteroatoms. The van der Waals surface area contributed by atoms with E-state index in [4.69, 9.17) is 28.1 Å². The third-order valence-electron chi connectivity index (χ3n) is 9.12. The van der Waals surface area contributed by atoms with E-state index < -0.39 is 8.32 Å². The molecule has 0 aliphatic heterocycles. The fraction of sp³-hybridized carbons (Fsp3) is 0.293. The van der Waals surface area contributed by atoms with Crippen LogP contribution in [0.4, 0.5) is 0 Å². The number of hydrogen-bond donors (Lipinski definition) is 0. The summed E-state index contributed by atoms with van der Waals surface area (Å²) in [6, 6.07) is 31.4. The highest BCUT2D eigenvalue weighted by atomic mass is 28.4. The number of carbonyl (C=O) groups is 1. The summed E-state index contributed by atoms with van der Waals surface area (Å²) < 4.78 is 38.7. The fourth-order valence-electron chi connectivity index (χ4n) is 5.32. The third kappa shape index (κ3) is 8.09. The van der Waals surface area contributed by atoms with Crippen molar-refractivity contribution < 1.29 is 32.9 Å². The third-order valence-corrected chi connectivity index (χ3v) is 13.6. The Bertz CT molecular complexity index is 1850. The van der Waals surface area contributed by atoms with Gasteiger partial charge in [-0.3, -0.25) is 4.79 Å². The van der Waals surface area contributed by atoms with E-state index in [9.17, 15) is 4.79 Å². The second kappa shape index (κ2) is 15.6. The summed E-state index contributed by atoms with van der Waals surface area (Å²) in [6.45, 7) is 11.8. The van der Waals surface area contributed by atoms with Gasteiger partial charge in [0.2, 0.25) is 0 Å². The maximum Gasteiger partial charge on any atom is 0.192 e. The first-order valence-electron chi connectivity index (χ1n) is 16.4. The largest absolute Gasteiger partial charge is 0.496 e. The van der Waals surface area contributed by atoms with Crippen molar-refractivity contribution in [1.82, 2.24) is 0 Å². The van der Waals surface area contributed by atoms with Crippen LogP contribution in [0.3, 0.4) is 0 Å². The van der Waals surface area contributed by atoms with Crippen molar-refractivity contribution in [3.05, 3.63) is 125 Å². The Labute approximate surface area is 290 Å². The number of aldehydes is 1. The molecule has 0 unspecified atom stereocenters. The van der Waals surface area contributed by atoms with Crippen LogP contribution in [0, 0.1) is 0 Å². The number of ether oxygens (including phenoxy) is 5. The molecule has 7 nitrogen and oxygen atoms in total. The van der Waals surface area contributed by atoms with Gasteiger partial charge < -0.3 is 28.1 Å². The van der Waals surface area contributed by atoms with Crippen LogP contribution < -0.4 is 23.7 Å². The van der Waals surface area contributed by atoms with Crippen LogP contribution >= 0.6 is 0 Å². The van der Waals surface area contributed by atoms with E-state index in [0.717, 1.165) is 23.0 Å². The van der Waals surface area contributed by atoms with E-state index in [1.165, 1.54) is 0 Å². The van der Waals surface area contributed by atoms with Gasteiger partial charge in [0, 0.05) is 11.6 Å². The summed E-state index contributed by atoms with van der Waals surface area (Å²) in [5, 5.41) is 1.06. The summed E-state index contributed by atoms with van der Waals surface area (Å²) in [5.41, 5.74) is 3.82. The molecule has 0 aliphatic carbocycles. The van der Waals surface area contributed by atoms with E-state index in [0.29, 0.717) is 50.6 Å². The van der Waals surface area contributed by atoms with Crippen LogP contribution in [0.25, 0.3) is 10.8 Å². The summed E-state index contributed by atoms with van der Waals surface area (Å²) in [7, 11) is 0.927. The van der Waals surface area contributed by atoms with Gasteiger partial charge in [0.05, 0.1) is 37.2 Å². The van der Waals surface area contributed by atoms with E-state index >= 15 is 0 Å². The maximum absolute atomic E-state index is 13.2. The average Bonchev–Trinajstić information content (AvgIpc) is 3.11. The second-order valence-corrected chi connectivity index (χ2v) is 18.2. The first-order valence-corrected chi connectivity index (χ1v) is 19.4. The Morgan fingerprint density at radius 3 is 1.53 bits per heavy atom. The standard InChI is InChI=1S/C41H46O7Si/c1-41(2,3)49(6,7)48-28-33-32(24-42)39(46-26-30-19-13-9-14-20-30)36-34(45-25-29-17-11-8-12-18-29)23-35(43-4)40(37(36)38(33)44-5)47-27-31-21-15-10-16-22-31/h8-24H,25-28H2,1-7H3. The minimum atomic E-state index is -2.26. The average molecular weight is 679 g/mol. The molecule has 0 bridgehead atoms. The zero-order valence-corrected chi connectivity index (χ0v) is 30.5. The zero-order valence-electron chi connectivity index (χ0n) is 29.5. The lowest BCUT2D eigenvalue weighted by Crippen LogP contribution is -2.40. The molecule has 256 valence electrons. The van der Waals surface area contributed by atoms with Crippen molar-refractivity contribution in [2.24, 2.45) is 0 Å². The first kappa shape index (κ1) is 35.5. The van der Waals surface area contributed by atoms with Crippen LogP contribution in [0.5, 0.6) is 28.7 Å².